The molecule has 1 aromatic carbocycles. The van der Waals surface area contributed by atoms with Gasteiger partial charge in [0.2, 0.25) is 0 Å². The van der Waals surface area contributed by atoms with Gasteiger partial charge in [0.05, 0.1) is 25.0 Å². The SMILES string of the molecule is COc1ccc(O)c(C(C)Nc2ccc(C)nc2)c1. The third-order valence-corrected chi connectivity index (χ3v) is 3.00. The lowest BCUT2D eigenvalue weighted by molar-refractivity contribution is 0.410. The van der Waals surface area contributed by atoms with Gasteiger partial charge in [-0.3, -0.25) is 4.98 Å². The second-order valence-electron chi connectivity index (χ2n) is 4.48. The number of phenolic OH excluding ortho intramolecular Hbond substituents is 1. The molecule has 0 radical (unpaired) electrons. The van der Waals surface area contributed by atoms with Crippen LogP contribution >= 0.6 is 0 Å². The Morgan fingerprint density at radius 1 is 1.26 bits per heavy atom. The minimum atomic E-state index is -0.0420. The van der Waals surface area contributed by atoms with E-state index >= 15 is 0 Å². The zero-order chi connectivity index (χ0) is 13.8. The van der Waals surface area contributed by atoms with Crippen molar-refractivity contribution in [2.24, 2.45) is 0 Å². The number of aromatic hydroxyl groups is 1. The summed E-state index contributed by atoms with van der Waals surface area (Å²) in [5.41, 5.74) is 2.68. The highest BCUT2D eigenvalue weighted by Crippen LogP contribution is 2.30. The maximum Gasteiger partial charge on any atom is 0.121 e. The minimum Gasteiger partial charge on any atom is -0.508 e. The molecule has 0 bridgehead atoms. The number of anilines is 1. The predicted molar refractivity (Wildman–Crippen MR) is 75.7 cm³/mol. The smallest absolute Gasteiger partial charge is 0.121 e. The average molecular weight is 258 g/mol. The molecule has 4 heteroatoms. The van der Waals surface area contributed by atoms with E-state index in [0.717, 1.165) is 22.7 Å². The van der Waals surface area contributed by atoms with Gasteiger partial charge in [-0.05, 0) is 44.2 Å². The molecular weight excluding hydrogens is 240 g/mol. The fourth-order valence-electron chi connectivity index (χ4n) is 1.89. The minimum absolute atomic E-state index is 0.0420. The van der Waals surface area contributed by atoms with Crippen molar-refractivity contribution in [3.63, 3.8) is 0 Å². The fourth-order valence-corrected chi connectivity index (χ4v) is 1.89. The first-order chi connectivity index (χ1) is 9.10. The van der Waals surface area contributed by atoms with Crippen LogP contribution in [-0.2, 0) is 0 Å². The molecule has 0 amide bonds. The van der Waals surface area contributed by atoms with Gasteiger partial charge in [0.15, 0.2) is 0 Å². The molecule has 0 saturated heterocycles. The van der Waals surface area contributed by atoms with E-state index in [1.54, 1.807) is 25.4 Å². The Labute approximate surface area is 113 Å². The molecule has 1 unspecified atom stereocenters. The lowest BCUT2D eigenvalue weighted by Crippen LogP contribution is -2.07. The van der Waals surface area contributed by atoms with Crippen LogP contribution in [0.1, 0.15) is 24.2 Å². The third kappa shape index (κ3) is 3.16. The number of nitrogens with one attached hydrogen (secondary N) is 1. The van der Waals surface area contributed by atoms with Crippen molar-refractivity contribution in [1.82, 2.24) is 4.98 Å². The van der Waals surface area contributed by atoms with Crippen LogP contribution in [0.3, 0.4) is 0 Å². The first kappa shape index (κ1) is 13.2. The van der Waals surface area contributed by atoms with Gasteiger partial charge in [0, 0.05) is 11.3 Å². The van der Waals surface area contributed by atoms with Crippen LogP contribution < -0.4 is 10.1 Å². The summed E-state index contributed by atoms with van der Waals surface area (Å²) in [7, 11) is 1.61. The van der Waals surface area contributed by atoms with Gasteiger partial charge >= 0.3 is 0 Å². The van der Waals surface area contributed by atoms with Crippen molar-refractivity contribution in [2.45, 2.75) is 19.9 Å². The summed E-state index contributed by atoms with van der Waals surface area (Å²) in [6.07, 6.45) is 1.78. The van der Waals surface area contributed by atoms with Crippen molar-refractivity contribution in [1.29, 1.82) is 0 Å². The number of hydrogen-bond acceptors (Lipinski definition) is 4. The molecule has 2 N–H and O–H groups in total. The van der Waals surface area contributed by atoms with E-state index in [1.807, 2.05) is 32.0 Å². The van der Waals surface area contributed by atoms with E-state index in [1.165, 1.54) is 0 Å². The molecule has 1 heterocycles. The van der Waals surface area contributed by atoms with E-state index in [4.69, 9.17) is 4.74 Å². The van der Waals surface area contributed by atoms with Gasteiger partial charge in [0.25, 0.3) is 0 Å². The van der Waals surface area contributed by atoms with Crippen molar-refractivity contribution >= 4 is 5.69 Å². The molecule has 0 saturated carbocycles. The molecular formula is C15H18N2O2. The molecule has 0 spiro atoms. The highest BCUT2D eigenvalue weighted by atomic mass is 16.5. The van der Waals surface area contributed by atoms with Crippen molar-refractivity contribution < 1.29 is 9.84 Å². The van der Waals surface area contributed by atoms with E-state index in [0.29, 0.717) is 0 Å². The Kier molecular flexibility index (Phi) is 3.90. The van der Waals surface area contributed by atoms with E-state index in [9.17, 15) is 5.11 Å². The number of aryl methyl sites for hydroxylation is 1. The van der Waals surface area contributed by atoms with E-state index < -0.39 is 0 Å². The second-order valence-corrected chi connectivity index (χ2v) is 4.48. The summed E-state index contributed by atoms with van der Waals surface area (Å²) in [5, 5.41) is 13.2. The summed E-state index contributed by atoms with van der Waals surface area (Å²) < 4.78 is 5.17. The number of hydrogen-bond donors (Lipinski definition) is 2. The highest BCUT2D eigenvalue weighted by molar-refractivity contribution is 5.48. The average Bonchev–Trinajstić information content (AvgIpc) is 2.42. The Hall–Kier alpha value is -2.23. The number of pyridine rings is 1. The van der Waals surface area contributed by atoms with Crippen LogP contribution in [0, 0.1) is 6.92 Å². The van der Waals surface area contributed by atoms with Gasteiger partial charge in [-0.25, -0.2) is 0 Å². The number of benzene rings is 1. The van der Waals surface area contributed by atoms with Crippen LogP contribution in [0.25, 0.3) is 0 Å². The van der Waals surface area contributed by atoms with Gasteiger partial charge in [-0.1, -0.05) is 0 Å². The molecule has 4 nitrogen and oxygen atoms in total. The molecule has 2 rings (SSSR count). The molecule has 0 fully saturated rings. The third-order valence-electron chi connectivity index (χ3n) is 3.00. The second kappa shape index (κ2) is 5.61. The molecule has 100 valence electrons. The first-order valence-electron chi connectivity index (χ1n) is 6.16. The number of ether oxygens (including phenoxy) is 1. The lowest BCUT2D eigenvalue weighted by atomic mass is 10.1. The highest BCUT2D eigenvalue weighted by Gasteiger charge is 2.11. The predicted octanol–water partition coefficient (Wildman–Crippen LogP) is 3.28. The van der Waals surface area contributed by atoms with Crippen LogP contribution in [0.2, 0.25) is 0 Å². The maximum absolute atomic E-state index is 9.91. The topological polar surface area (TPSA) is 54.4 Å². The zero-order valence-corrected chi connectivity index (χ0v) is 11.3. The zero-order valence-electron chi connectivity index (χ0n) is 11.3. The largest absolute Gasteiger partial charge is 0.508 e. The van der Waals surface area contributed by atoms with Crippen LogP contribution in [0.4, 0.5) is 5.69 Å². The van der Waals surface area contributed by atoms with Gasteiger partial charge in [0.1, 0.15) is 11.5 Å². The standard InChI is InChI=1S/C15H18N2O2/c1-10-4-5-12(9-16-10)17-11(2)14-8-13(19-3)6-7-15(14)18/h4-9,11,17-18H,1-3H3. The summed E-state index contributed by atoms with van der Waals surface area (Å²) >= 11 is 0. The van der Waals surface area contributed by atoms with Crippen LogP contribution in [-0.4, -0.2) is 17.2 Å². The molecule has 0 aliphatic rings. The van der Waals surface area contributed by atoms with E-state index in [-0.39, 0.29) is 11.8 Å². The Morgan fingerprint density at radius 3 is 2.68 bits per heavy atom. The summed E-state index contributed by atoms with van der Waals surface area (Å²) in [6.45, 7) is 3.93. The molecule has 2 aromatic rings. The molecule has 19 heavy (non-hydrogen) atoms. The quantitative estimate of drug-likeness (QED) is 0.883. The van der Waals surface area contributed by atoms with Gasteiger partial charge < -0.3 is 15.2 Å². The van der Waals surface area contributed by atoms with Crippen molar-refractivity contribution in [2.75, 3.05) is 12.4 Å². The van der Waals surface area contributed by atoms with Crippen molar-refractivity contribution in [3.8, 4) is 11.5 Å². The number of methoxy groups -OCH3 is 1. The van der Waals surface area contributed by atoms with Gasteiger partial charge in [-0.2, -0.15) is 0 Å². The fraction of sp³-hybridized carbons (Fsp3) is 0.267. The Bertz CT molecular complexity index is 553. The Balaban J connectivity index is 2.19. The molecule has 1 aromatic heterocycles. The van der Waals surface area contributed by atoms with E-state index in [2.05, 4.69) is 10.3 Å². The first-order valence-corrected chi connectivity index (χ1v) is 6.16. The van der Waals surface area contributed by atoms with Gasteiger partial charge in [-0.15, -0.1) is 0 Å². The number of nitrogens with zero attached hydrogens (tertiary/aromatic N) is 1. The summed E-state index contributed by atoms with van der Waals surface area (Å²) in [6, 6.07) is 9.07. The summed E-state index contributed by atoms with van der Waals surface area (Å²) in [5.74, 6) is 0.976. The maximum atomic E-state index is 9.91. The van der Waals surface area contributed by atoms with Crippen molar-refractivity contribution in [3.05, 3.63) is 47.8 Å². The molecule has 1 atom stereocenters. The van der Waals surface area contributed by atoms with Crippen LogP contribution in [0.5, 0.6) is 11.5 Å². The number of phenols is 1. The lowest BCUT2D eigenvalue weighted by Gasteiger charge is -2.17. The normalized spacial score (nSPS) is 11.9. The monoisotopic (exact) mass is 258 g/mol. The molecule has 0 aliphatic carbocycles. The Morgan fingerprint density at radius 2 is 2.05 bits per heavy atom. The summed E-state index contributed by atoms with van der Waals surface area (Å²) in [4.78, 5) is 4.23. The number of rotatable bonds is 4. The number of aromatic nitrogens is 1. The van der Waals surface area contributed by atoms with Crippen LogP contribution in [0.15, 0.2) is 36.5 Å². The molecule has 0 aliphatic heterocycles.